The van der Waals surface area contributed by atoms with Crippen LogP contribution in [0.1, 0.15) is 87.4 Å². The molecule has 0 radical (unpaired) electrons. The molecule has 1 aliphatic heterocycles. The monoisotopic (exact) mass is 439 g/mol. The van der Waals surface area contributed by atoms with Crippen LogP contribution in [0, 0.1) is 6.92 Å². The van der Waals surface area contributed by atoms with Gasteiger partial charge in [0, 0.05) is 5.69 Å². The first-order valence-electron chi connectivity index (χ1n) is 13.2. The van der Waals surface area contributed by atoms with Crippen molar-refractivity contribution in [2.24, 2.45) is 0 Å². The maximum atomic E-state index is 2.71. The standard InChI is InChI=1S/C32H41N/c1-3-4-5-6-7-8-9-16-25-32(26-28-23-21-27(2)22-24-28)31(29-17-12-10-13-18-29)33(32)30-19-14-11-15-20-30/h10-15,17-24,31H,3-9,16,25-26H2,1-2H3/t31-,32-,33?/m1/s1. The predicted octanol–water partition coefficient (Wildman–Crippen LogP) is 9.07. The molecule has 1 heterocycles. The average Bonchev–Trinajstić information content (AvgIpc) is 3.51. The molecule has 1 nitrogen and oxygen atoms in total. The largest absolute Gasteiger partial charge is 0.354 e. The van der Waals surface area contributed by atoms with Gasteiger partial charge in [-0.1, -0.05) is 137 Å². The number of anilines is 1. The van der Waals surface area contributed by atoms with Crippen LogP contribution in [0.2, 0.25) is 0 Å². The Morgan fingerprint density at radius 1 is 0.667 bits per heavy atom. The van der Waals surface area contributed by atoms with Gasteiger partial charge in [0.1, 0.15) is 0 Å². The summed E-state index contributed by atoms with van der Waals surface area (Å²) >= 11 is 0. The number of para-hydroxylation sites is 1. The van der Waals surface area contributed by atoms with Gasteiger partial charge in [-0.05, 0) is 43.0 Å². The number of hydrogen-bond donors (Lipinski definition) is 0. The average molecular weight is 440 g/mol. The number of nitrogens with zero attached hydrogens (tertiary/aromatic N) is 1. The van der Waals surface area contributed by atoms with Gasteiger partial charge in [-0.25, -0.2) is 0 Å². The lowest BCUT2D eigenvalue weighted by molar-refractivity contribution is 0.499. The van der Waals surface area contributed by atoms with Gasteiger partial charge in [0.15, 0.2) is 0 Å². The Labute approximate surface area is 201 Å². The molecular weight excluding hydrogens is 398 g/mol. The topological polar surface area (TPSA) is 3.01 Å². The number of benzene rings is 3. The first-order valence-corrected chi connectivity index (χ1v) is 13.2. The van der Waals surface area contributed by atoms with Crippen molar-refractivity contribution in [3.63, 3.8) is 0 Å². The SMILES string of the molecule is CCCCCCCCCC[C@@]1(Cc2ccc(C)cc2)[C@@H](c2ccccc2)N1c1ccccc1. The minimum atomic E-state index is 0.167. The van der Waals surface area contributed by atoms with E-state index in [2.05, 4.69) is 104 Å². The first-order chi connectivity index (χ1) is 16.2. The van der Waals surface area contributed by atoms with Crippen LogP contribution >= 0.6 is 0 Å². The van der Waals surface area contributed by atoms with Gasteiger partial charge in [0.2, 0.25) is 0 Å². The first kappa shape index (κ1) is 23.6. The van der Waals surface area contributed by atoms with Crippen LogP contribution in [0.4, 0.5) is 5.69 Å². The van der Waals surface area contributed by atoms with Crippen LogP contribution in [0.25, 0.3) is 0 Å². The van der Waals surface area contributed by atoms with E-state index in [1.165, 1.54) is 80.2 Å². The number of hydrogen-bond acceptors (Lipinski definition) is 1. The molecule has 0 N–H and O–H groups in total. The summed E-state index contributed by atoms with van der Waals surface area (Å²) in [5.74, 6) is 0. The molecule has 0 unspecified atom stereocenters. The van der Waals surface area contributed by atoms with Crippen LogP contribution < -0.4 is 4.90 Å². The fourth-order valence-electron chi connectivity index (χ4n) is 5.61. The summed E-state index contributed by atoms with van der Waals surface area (Å²) in [6.45, 7) is 4.48. The van der Waals surface area contributed by atoms with Crippen molar-refractivity contribution in [3.8, 4) is 0 Å². The quantitative estimate of drug-likeness (QED) is 0.189. The third-order valence-corrected chi connectivity index (χ3v) is 7.42. The van der Waals surface area contributed by atoms with Crippen LogP contribution in [-0.2, 0) is 6.42 Å². The van der Waals surface area contributed by atoms with Crippen molar-refractivity contribution in [2.75, 3.05) is 4.90 Å². The maximum Gasteiger partial charge on any atom is 0.0785 e. The zero-order valence-corrected chi connectivity index (χ0v) is 20.7. The summed E-state index contributed by atoms with van der Waals surface area (Å²) in [4.78, 5) is 2.71. The summed E-state index contributed by atoms with van der Waals surface area (Å²) in [6, 6.07) is 31.9. The van der Waals surface area contributed by atoms with Gasteiger partial charge in [0.25, 0.3) is 0 Å². The number of unbranched alkanes of at least 4 members (excludes halogenated alkanes) is 7. The molecule has 1 aliphatic rings. The molecule has 0 spiro atoms. The van der Waals surface area contributed by atoms with Crippen molar-refractivity contribution in [3.05, 3.63) is 102 Å². The van der Waals surface area contributed by atoms with E-state index in [1.54, 1.807) is 0 Å². The van der Waals surface area contributed by atoms with Gasteiger partial charge in [0.05, 0.1) is 11.6 Å². The van der Waals surface area contributed by atoms with Gasteiger partial charge in [-0.3, -0.25) is 0 Å². The van der Waals surface area contributed by atoms with Crippen molar-refractivity contribution in [2.45, 2.75) is 89.6 Å². The summed E-state index contributed by atoms with van der Waals surface area (Å²) in [6.07, 6.45) is 13.3. The molecule has 2 atom stereocenters. The van der Waals surface area contributed by atoms with E-state index in [0.29, 0.717) is 6.04 Å². The Balaban J connectivity index is 1.53. The van der Waals surface area contributed by atoms with Crippen molar-refractivity contribution in [1.82, 2.24) is 0 Å². The van der Waals surface area contributed by atoms with Crippen LogP contribution in [0.5, 0.6) is 0 Å². The second kappa shape index (κ2) is 11.5. The lowest BCUT2D eigenvalue weighted by atomic mass is 9.87. The summed E-state index contributed by atoms with van der Waals surface area (Å²) in [5, 5.41) is 0. The molecule has 0 aromatic heterocycles. The Morgan fingerprint density at radius 2 is 1.24 bits per heavy atom. The molecule has 0 bridgehead atoms. The molecule has 174 valence electrons. The highest BCUT2D eigenvalue weighted by atomic mass is 15.4. The van der Waals surface area contributed by atoms with Gasteiger partial charge >= 0.3 is 0 Å². The molecule has 0 amide bonds. The van der Waals surface area contributed by atoms with Crippen molar-refractivity contribution >= 4 is 5.69 Å². The van der Waals surface area contributed by atoms with Crippen LogP contribution in [0.15, 0.2) is 84.9 Å². The zero-order valence-electron chi connectivity index (χ0n) is 20.7. The fourth-order valence-corrected chi connectivity index (χ4v) is 5.61. The van der Waals surface area contributed by atoms with Crippen molar-refractivity contribution in [1.29, 1.82) is 0 Å². The van der Waals surface area contributed by atoms with E-state index < -0.39 is 0 Å². The van der Waals surface area contributed by atoms with Gasteiger partial charge in [-0.2, -0.15) is 0 Å². The number of aryl methyl sites for hydroxylation is 1. The molecule has 4 rings (SSSR count). The van der Waals surface area contributed by atoms with E-state index in [0.717, 1.165) is 6.42 Å². The second-order valence-corrected chi connectivity index (χ2v) is 10.0. The molecular formula is C32H41N. The molecule has 3 aromatic rings. The van der Waals surface area contributed by atoms with E-state index in [-0.39, 0.29) is 5.54 Å². The molecule has 3 aromatic carbocycles. The highest BCUT2D eigenvalue weighted by Crippen LogP contribution is 2.60. The summed E-state index contributed by atoms with van der Waals surface area (Å²) < 4.78 is 0. The normalized spacial score (nSPS) is 19.6. The molecule has 0 aliphatic carbocycles. The molecule has 1 saturated heterocycles. The molecule has 0 saturated carbocycles. The Kier molecular flexibility index (Phi) is 8.26. The Hall–Kier alpha value is -2.54. The van der Waals surface area contributed by atoms with E-state index in [9.17, 15) is 0 Å². The zero-order chi connectivity index (χ0) is 22.9. The number of rotatable bonds is 13. The fraction of sp³-hybridized carbons (Fsp3) is 0.438. The van der Waals surface area contributed by atoms with E-state index >= 15 is 0 Å². The minimum absolute atomic E-state index is 0.167. The minimum Gasteiger partial charge on any atom is -0.354 e. The predicted molar refractivity (Wildman–Crippen MR) is 143 cm³/mol. The third-order valence-electron chi connectivity index (χ3n) is 7.42. The summed E-state index contributed by atoms with van der Waals surface area (Å²) in [5.41, 5.74) is 5.77. The summed E-state index contributed by atoms with van der Waals surface area (Å²) in [7, 11) is 0. The van der Waals surface area contributed by atoms with Gasteiger partial charge < -0.3 is 4.90 Å². The molecule has 1 heteroatoms. The van der Waals surface area contributed by atoms with Crippen LogP contribution in [0.3, 0.4) is 0 Å². The second-order valence-electron chi connectivity index (χ2n) is 10.0. The Morgan fingerprint density at radius 3 is 1.88 bits per heavy atom. The van der Waals surface area contributed by atoms with E-state index in [4.69, 9.17) is 0 Å². The lowest BCUT2D eigenvalue weighted by Gasteiger charge is -2.19. The highest BCUT2D eigenvalue weighted by Gasteiger charge is 2.62. The third kappa shape index (κ3) is 5.88. The molecule has 33 heavy (non-hydrogen) atoms. The van der Waals surface area contributed by atoms with E-state index in [1.807, 2.05) is 0 Å². The van der Waals surface area contributed by atoms with Gasteiger partial charge in [-0.15, -0.1) is 0 Å². The molecule has 1 fully saturated rings. The lowest BCUT2D eigenvalue weighted by Crippen LogP contribution is -2.22. The Bertz CT molecular complexity index is 899. The maximum absolute atomic E-state index is 2.71. The highest BCUT2D eigenvalue weighted by molar-refractivity contribution is 5.64. The smallest absolute Gasteiger partial charge is 0.0785 e. The van der Waals surface area contributed by atoms with Crippen molar-refractivity contribution < 1.29 is 0 Å². The van der Waals surface area contributed by atoms with Crippen LogP contribution in [-0.4, -0.2) is 5.54 Å².